The number of aromatic nitrogens is 1. The number of carboxylic acid groups (broad SMARTS) is 1. The van der Waals surface area contributed by atoms with E-state index in [1.165, 1.54) is 18.4 Å². The van der Waals surface area contributed by atoms with Crippen LogP contribution < -0.4 is 10.1 Å². The fourth-order valence-electron chi connectivity index (χ4n) is 4.41. The molecule has 0 aliphatic heterocycles. The molecular formula is C17H17ClN2O4S. The fraction of sp³-hybridized carbons (Fsp3) is 0.471. The minimum Gasteiger partial charge on any atom is -0.496 e. The van der Waals surface area contributed by atoms with Crippen molar-refractivity contribution in [3.63, 3.8) is 0 Å². The summed E-state index contributed by atoms with van der Waals surface area (Å²) in [6.07, 6.45) is 2.76. The highest BCUT2D eigenvalue weighted by Gasteiger charge is 2.51. The Balaban J connectivity index is 1.69. The van der Waals surface area contributed by atoms with Gasteiger partial charge in [-0.25, -0.2) is 4.98 Å². The fourth-order valence-corrected chi connectivity index (χ4v) is 5.56. The zero-order valence-electron chi connectivity index (χ0n) is 13.5. The van der Waals surface area contributed by atoms with Crippen molar-refractivity contribution in [1.29, 1.82) is 0 Å². The highest BCUT2D eigenvalue weighted by atomic mass is 35.5. The summed E-state index contributed by atoms with van der Waals surface area (Å²) in [7, 11) is 1.50. The number of carboxylic acids is 1. The second-order valence-electron chi connectivity index (χ2n) is 6.65. The van der Waals surface area contributed by atoms with Crippen LogP contribution in [0.15, 0.2) is 12.1 Å². The molecule has 25 heavy (non-hydrogen) atoms. The van der Waals surface area contributed by atoms with Crippen molar-refractivity contribution in [2.75, 3.05) is 7.11 Å². The van der Waals surface area contributed by atoms with Crippen LogP contribution in [0.3, 0.4) is 0 Å². The first-order chi connectivity index (χ1) is 12.0. The molecule has 2 aromatic rings. The molecule has 1 aromatic carbocycles. The maximum Gasteiger partial charge on any atom is 0.308 e. The monoisotopic (exact) mass is 380 g/mol. The van der Waals surface area contributed by atoms with Crippen LogP contribution in [-0.2, 0) is 4.79 Å². The topological polar surface area (TPSA) is 88.5 Å². The Bertz CT molecular complexity index is 868. The number of carbonyl (C=O) groups is 2. The molecule has 2 fully saturated rings. The lowest BCUT2D eigenvalue weighted by Gasteiger charge is -2.29. The third-order valence-electron chi connectivity index (χ3n) is 5.44. The normalized spacial score (nSPS) is 27.6. The van der Waals surface area contributed by atoms with Crippen molar-refractivity contribution in [2.45, 2.75) is 25.3 Å². The molecule has 1 heterocycles. The Morgan fingerprint density at radius 2 is 2.12 bits per heavy atom. The number of fused-ring (bicyclic) bond motifs is 3. The van der Waals surface area contributed by atoms with Gasteiger partial charge in [0.25, 0.3) is 5.91 Å². The number of nitrogens with one attached hydrogen (secondary N) is 1. The number of benzene rings is 1. The molecule has 0 saturated heterocycles. The lowest BCUT2D eigenvalue weighted by Crippen LogP contribution is -2.46. The van der Waals surface area contributed by atoms with Crippen molar-refractivity contribution in [2.24, 2.45) is 17.8 Å². The number of ether oxygens (including phenoxy) is 1. The molecule has 2 N–H and O–H groups in total. The van der Waals surface area contributed by atoms with Gasteiger partial charge in [-0.05, 0) is 43.2 Å². The standard InChI is InChI=1S/C17H17ClN2O4S/c1-24-10-5-4-9-14(25-17(18)19-9)12(10)15(21)20-13-8-3-2-7(6-8)11(13)16(22)23/h4-5,7-8,11,13H,2-3,6H2,1H3,(H,20,21)(H,22,23)/t7-,8+,11+,13-/m1/s1. The van der Waals surface area contributed by atoms with Gasteiger partial charge in [-0.3, -0.25) is 9.59 Å². The minimum atomic E-state index is -0.830. The largest absolute Gasteiger partial charge is 0.496 e. The van der Waals surface area contributed by atoms with Crippen LogP contribution in [0.2, 0.25) is 4.47 Å². The third-order valence-corrected chi connectivity index (χ3v) is 6.63. The molecule has 2 aliphatic carbocycles. The number of halogens is 1. The highest BCUT2D eigenvalue weighted by molar-refractivity contribution is 7.22. The molecule has 1 aromatic heterocycles. The van der Waals surface area contributed by atoms with E-state index in [9.17, 15) is 14.7 Å². The Morgan fingerprint density at radius 3 is 2.84 bits per heavy atom. The summed E-state index contributed by atoms with van der Waals surface area (Å²) in [5, 5.41) is 12.5. The molecule has 4 atom stereocenters. The van der Waals surface area contributed by atoms with E-state index in [0.29, 0.717) is 26.0 Å². The zero-order valence-corrected chi connectivity index (χ0v) is 15.1. The summed E-state index contributed by atoms with van der Waals surface area (Å²) >= 11 is 7.21. The smallest absolute Gasteiger partial charge is 0.308 e. The van der Waals surface area contributed by atoms with Gasteiger partial charge in [-0.15, -0.1) is 11.3 Å². The van der Waals surface area contributed by atoms with Crippen molar-refractivity contribution in [3.05, 3.63) is 22.2 Å². The van der Waals surface area contributed by atoms with E-state index < -0.39 is 11.9 Å². The molecule has 8 heteroatoms. The predicted octanol–water partition coefficient (Wildman–Crippen LogP) is 3.19. The molecule has 0 unspecified atom stereocenters. The molecule has 2 aliphatic rings. The number of amides is 1. The summed E-state index contributed by atoms with van der Waals surface area (Å²) < 4.78 is 6.34. The lowest BCUT2D eigenvalue weighted by molar-refractivity contribution is -0.144. The van der Waals surface area contributed by atoms with E-state index in [0.717, 1.165) is 19.3 Å². The van der Waals surface area contributed by atoms with Crippen LogP contribution in [0, 0.1) is 17.8 Å². The Morgan fingerprint density at radius 1 is 1.36 bits per heavy atom. The van der Waals surface area contributed by atoms with Gasteiger partial charge in [0, 0.05) is 6.04 Å². The van der Waals surface area contributed by atoms with Crippen LogP contribution in [0.1, 0.15) is 29.6 Å². The van der Waals surface area contributed by atoms with E-state index in [2.05, 4.69) is 10.3 Å². The van der Waals surface area contributed by atoms with Crippen LogP contribution in [0.25, 0.3) is 10.2 Å². The summed E-state index contributed by atoms with van der Waals surface area (Å²) in [5.74, 6) is -0.859. The number of nitrogens with zero attached hydrogens (tertiary/aromatic N) is 1. The number of carbonyl (C=O) groups excluding carboxylic acids is 1. The van der Waals surface area contributed by atoms with Gasteiger partial charge in [0.15, 0.2) is 4.47 Å². The first-order valence-electron chi connectivity index (χ1n) is 8.16. The van der Waals surface area contributed by atoms with Gasteiger partial charge in [-0.1, -0.05) is 11.6 Å². The van der Waals surface area contributed by atoms with Gasteiger partial charge in [0.1, 0.15) is 11.3 Å². The summed E-state index contributed by atoms with van der Waals surface area (Å²) in [4.78, 5) is 28.9. The highest BCUT2D eigenvalue weighted by Crippen LogP contribution is 2.49. The number of hydrogen-bond acceptors (Lipinski definition) is 5. The maximum absolute atomic E-state index is 13.0. The Labute approximate surface area is 153 Å². The molecule has 132 valence electrons. The van der Waals surface area contributed by atoms with Crippen LogP contribution in [-0.4, -0.2) is 35.1 Å². The average Bonchev–Trinajstić information content (AvgIpc) is 3.26. The molecule has 2 bridgehead atoms. The van der Waals surface area contributed by atoms with Crippen LogP contribution >= 0.6 is 22.9 Å². The Hall–Kier alpha value is -1.86. The number of aliphatic carboxylic acids is 1. The number of hydrogen-bond donors (Lipinski definition) is 2. The Kier molecular flexibility index (Phi) is 4.08. The van der Waals surface area contributed by atoms with Crippen molar-refractivity contribution in [3.8, 4) is 5.75 Å². The first kappa shape index (κ1) is 16.6. The molecule has 4 rings (SSSR count). The molecule has 0 radical (unpaired) electrons. The maximum atomic E-state index is 13.0. The average molecular weight is 381 g/mol. The SMILES string of the molecule is COc1ccc2nc(Cl)sc2c1C(=O)N[C@@H]1[C@H]2CC[C@H](C2)[C@@H]1C(=O)O. The van der Waals surface area contributed by atoms with Gasteiger partial charge >= 0.3 is 5.97 Å². The summed E-state index contributed by atoms with van der Waals surface area (Å²) in [6.45, 7) is 0. The van der Waals surface area contributed by atoms with Crippen molar-refractivity contribution in [1.82, 2.24) is 10.3 Å². The number of thiazole rings is 1. The quantitative estimate of drug-likeness (QED) is 0.850. The molecule has 6 nitrogen and oxygen atoms in total. The van der Waals surface area contributed by atoms with Gasteiger partial charge < -0.3 is 15.2 Å². The van der Waals surface area contributed by atoms with E-state index in [-0.39, 0.29) is 23.8 Å². The summed E-state index contributed by atoms with van der Waals surface area (Å²) in [6, 6.07) is 3.10. The first-order valence-corrected chi connectivity index (χ1v) is 9.35. The van der Waals surface area contributed by atoms with E-state index in [1.807, 2.05) is 0 Å². The van der Waals surface area contributed by atoms with E-state index in [1.54, 1.807) is 12.1 Å². The van der Waals surface area contributed by atoms with Crippen molar-refractivity contribution >= 4 is 45.0 Å². The lowest BCUT2D eigenvalue weighted by atomic mass is 9.84. The van der Waals surface area contributed by atoms with E-state index >= 15 is 0 Å². The second kappa shape index (κ2) is 6.14. The molecular weight excluding hydrogens is 364 g/mol. The van der Waals surface area contributed by atoms with E-state index in [4.69, 9.17) is 16.3 Å². The molecule has 1 amide bonds. The number of methoxy groups -OCH3 is 1. The predicted molar refractivity (Wildman–Crippen MR) is 94.4 cm³/mol. The van der Waals surface area contributed by atoms with Gasteiger partial charge in [0.05, 0.1) is 23.2 Å². The minimum absolute atomic E-state index is 0.156. The van der Waals surface area contributed by atoms with Crippen LogP contribution in [0.4, 0.5) is 0 Å². The number of rotatable bonds is 4. The van der Waals surface area contributed by atoms with Crippen molar-refractivity contribution < 1.29 is 19.4 Å². The van der Waals surface area contributed by atoms with Crippen LogP contribution in [0.5, 0.6) is 5.75 Å². The molecule has 2 saturated carbocycles. The third kappa shape index (κ3) is 2.66. The summed E-state index contributed by atoms with van der Waals surface area (Å²) in [5.41, 5.74) is 1.000. The molecule has 0 spiro atoms. The van der Waals surface area contributed by atoms with Gasteiger partial charge in [0.2, 0.25) is 0 Å². The zero-order chi connectivity index (χ0) is 17.7. The second-order valence-corrected chi connectivity index (χ2v) is 8.24. The van der Waals surface area contributed by atoms with Gasteiger partial charge in [-0.2, -0.15) is 0 Å².